The lowest BCUT2D eigenvalue weighted by atomic mass is 10.00. The van der Waals surface area contributed by atoms with Gasteiger partial charge >= 0.3 is 0 Å². The summed E-state index contributed by atoms with van der Waals surface area (Å²) in [6, 6.07) is 3.82. The first-order valence-electron chi connectivity index (χ1n) is 6.03. The molecule has 1 aliphatic rings. The van der Waals surface area contributed by atoms with E-state index in [4.69, 9.17) is 0 Å². The number of aromatic nitrogens is 1. The Bertz CT molecular complexity index is 391. The predicted octanol–water partition coefficient (Wildman–Crippen LogP) is 2.65. The van der Waals surface area contributed by atoms with Crippen molar-refractivity contribution in [2.45, 2.75) is 26.2 Å². The monoisotopic (exact) mass is 296 g/mol. The number of carbonyl (C=O) groups excluding carboxylic acids is 1. The number of pyridine rings is 1. The van der Waals surface area contributed by atoms with Crippen LogP contribution in [-0.2, 0) is 11.2 Å². The van der Waals surface area contributed by atoms with Crippen LogP contribution in [0.1, 0.15) is 25.5 Å². The number of halogens is 1. The van der Waals surface area contributed by atoms with E-state index in [-0.39, 0.29) is 5.91 Å². The molecular weight excluding hydrogens is 280 g/mol. The Morgan fingerprint density at radius 2 is 2.41 bits per heavy atom. The van der Waals surface area contributed by atoms with Gasteiger partial charge in [-0.3, -0.25) is 9.78 Å². The van der Waals surface area contributed by atoms with E-state index in [0.717, 1.165) is 29.7 Å². The SMILES string of the molecule is CC1CCCN(C(=O)Cc2ccc(Br)cn2)C1. The molecule has 1 aromatic heterocycles. The molecule has 0 N–H and O–H groups in total. The van der Waals surface area contributed by atoms with Crippen molar-refractivity contribution in [3.05, 3.63) is 28.5 Å². The van der Waals surface area contributed by atoms with Crippen LogP contribution in [0.15, 0.2) is 22.8 Å². The second-order valence-corrected chi connectivity index (χ2v) is 5.65. The van der Waals surface area contributed by atoms with Crippen molar-refractivity contribution < 1.29 is 4.79 Å². The number of likely N-dealkylation sites (tertiary alicyclic amines) is 1. The van der Waals surface area contributed by atoms with E-state index in [1.807, 2.05) is 17.0 Å². The molecule has 1 aromatic rings. The van der Waals surface area contributed by atoms with Crippen LogP contribution < -0.4 is 0 Å². The molecule has 92 valence electrons. The number of carbonyl (C=O) groups is 1. The van der Waals surface area contributed by atoms with Gasteiger partial charge in [-0.15, -0.1) is 0 Å². The van der Waals surface area contributed by atoms with Gasteiger partial charge in [-0.05, 0) is 46.8 Å². The zero-order valence-electron chi connectivity index (χ0n) is 10.0. The van der Waals surface area contributed by atoms with Crippen molar-refractivity contribution in [2.75, 3.05) is 13.1 Å². The van der Waals surface area contributed by atoms with Gasteiger partial charge < -0.3 is 4.90 Å². The normalized spacial score (nSPS) is 20.4. The van der Waals surface area contributed by atoms with E-state index in [2.05, 4.69) is 27.8 Å². The minimum absolute atomic E-state index is 0.200. The van der Waals surface area contributed by atoms with E-state index >= 15 is 0 Å². The van der Waals surface area contributed by atoms with Crippen molar-refractivity contribution in [2.24, 2.45) is 5.92 Å². The standard InChI is InChI=1S/C13H17BrN2O/c1-10-3-2-6-16(9-10)13(17)7-12-5-4-11(14)8-15-12/h4-5,8,10H,2-3,6-7,9H2,1H3. The number of piperidine rings is 1. The highest BCUT2D eigenvalue weighted by atomic mass is 79.9. The molecule has 1 saturated heterocycles. The van der Waals surface area contributed by atoms with Gasteiger partial charge in [0.05, 0.1) is 6.42 Å². The molecule has 1 atom stereocenters. The quantitative estimate of drug-likeness (QED) is 0.841. The summed E-state index contributed by atoms with van der Waals surface area (Å²) in [5.74, 6) is 0.831. The zero-order chi connectivity index (χ0) is 12.3. The van der Waals surface area contributed by atoms with Crippen molar-refractivity contribution in [1.82, 2.24) is 9.88 Å². The van der Waals surface area contributed by atoms with Crippen molar-refractivity contribution >= 4 is 21.8 Å². The van der Waals surface area contributed by atoms with E-state index < -0.39 is 0 Å². The maximum Gasteiger partial charge on any atom is 0.228 e. The largest absolute Gasteiger partial charge is 0.342 e. The first kappa shape index (κ1) is 12.6. The van der Waals surface area contributed by atoms with E-state index in [9.17, 15) is 4.79 Å². The fraction of sp³-hybridized carbons (Fsp3) is 0.538. The molecule has 1 aliphatic heterocycles. The smallest absolute Gasteiger partial charge is 0.228 e. The fourth-order valence-electron chi connectivity index (χ4n) is 2.19. The van der Waals surface area contributed by atoms with Gasteiger partial charge in [-0.2, -0.15) is 0 Å². The molecule has 0 saturated carbocycles. The topological polar surface area (TPSA) is 33.2 Å². The lowest BCUT2D eigenvalue weighted by Crippen LogP contribution is -2.40. The highest BCUT2D eigenvalue weighted by Crippen LogP contribution is 2.16. The minimum Gasteiger partial charge on any atom is -0.342 e. The van der Waals surface area contributed by atoms with Gasteiger partial charge in [0.15, 0.2) is 0 Å². The Labute approximate surface area is 110 Å². The summed E-state index contributed by atoms with van der Waals surface area (Å²) in [5, 5.41) is 0. The molecule has 17 heavy (non-hydrogen) atoms. The number of hydrogen-bond acceptors (Lipinski definition) is 2. The first-order chi connectivity index (χ1) is 8.15. The fourth-order valence-corrected chi connectivity index (χ4v) is 2.43. The molecule has 2 rings (SSSR count). The van der Waals surface area contributed by atoms with E-state index in [0.29, 0.717) is 12.3 Å². The summed E-state index contributed by atoms with van der Waals surface area (Å²) in [5.41, 5.74) is 0.844. The number of rotatable bonds is 2. The first-order valence-corrected chi connectivity index (χ1v) is 6.82. The van der Waals surface area contributed by atoms with Crippen LogP contribution in [-0.4, -0.2) is 28.9 Å². The predicted molar refractivity (Wildman–Crippen MR) is 70.6 cm³/mol. The molecule has 1 unspecified atom stereocenters. The highest BCUT2D eigenvalue weighted by molar-refractivity contribution is 9.10. The third-order valence-electron chi connectivity index (χ3n) is 3.13. The molecule has 0 radical (unpaired) electrons. The average Bonchev–Trinajstić information content (AvgIpc) is 2.32. The second kappa shape index (κ2) is 5.63. The zero-order valence-corrected chi connectivity index (χ0v) is 11.6. The molecule has 2 heterocycles. The second-order valence-electron chi connectivity index (χ2n) is 4.73. The summed E-state index contributed by atoms with van der Waals surface area (Å²) >= 11 is 3.34. The summed E-state index contributed by atoms with van der Waals surface area (Å²) in [6.07, 6.45) is 4.52. The molecular formula is C13H17BrN2O. The van der Waals surface area contributed by atoms with E-state index in [1.165, 1.54) is 6.42 Å². The van der Waals surface area contributed by atoms with Crippen LogP contribution in [0.5, 0.6) is 0 Å². The van der Waals surface area contributed by atoms with Crippen LogP contribution in [0.4, 0.5) is 0 Å². The Hall–Kier alpha value is -0.900. The Kier molecular flexibility index (Phi) is 4.15. The maximum absolute atomic E-state index is 12.1. The van der Waals surface area contributed by atoms with Crippen molar-refractivity contribution in [3.63, 3.8) is 0 Å². The van der Waals surface area contributed by atoms with Gasteiger partial charge in [0.1, 0.15) is 0 Å². The number of nitrogens with zero attached hydrogens (tertiary/aromatic N) is 2. The Morgan fingerprint density at radius 3 is 3.06 bits per heavy atom. The lowest BCUT2D eigenvalue weighted by Gasteiger charge is -2.30. The van der Waals surface area contributed by atoms with Gasteiger partial charge in [0.2, 0.25) is 5.91 Å². The van der Waals surface area contributed by atoms with Crippen LogP contribution in [0.25, 0.3) is 0 Å². The van der Waals surface area contributed by atoms with Crippen LogP contribution in [0.2, 0.25) is 0 Å². The lowest BCUT2D eigenvalue weighted by molar-refractivity contribution is -0.132. The van der Waals surface area contributed by atoms with Crippen molar-refractivity contribution in [1.29, 1.82) is 0 Å². The van der Waals surface area contributed by atoms with Crippen LogP contribution in [0, 0.1) is 5.92 Å². The summed E-state index contributed by atoms with van der Waals surface area (Å²) in [4.78, 5) is 18.3. The molecule has 1 fully saturated rings. The summed E-state index contributed by atoms with van der Waals surface area (Å²) in [7, 11) is 0. The average molecular weight is 297 g/mol. The van der Waals surface area contributed by atoms with Gasteiger partial charge in [0, 0.05) is 29.5 Å². The number of hydrogen-bond donors (Lipinski definition) is 0. The number of amides is 1. The Balaban J connectivity index is 1.94. The van der Waals surface area contributed by atoms with Crippen LogP contribution >= 0.6 is 15.9 Å². The van der Waals surface area contributed by atoms with Crippen molar-refractivity contribution in [3.8, 4) is 0 Å². The molecule has 0 aliphatic carbocycles. The molecule has 0 spiro atoms. The molecule has 4 heteroatoms. The Morgan fingerprint density at radius 1 is 1.59 bits per heavy atom. The third-order valence-corrected chi connectivity index (χ3v) is 3.60. The summed E-state index contributed by atoms with van der Waals surface area (Å²) in [6.45, 7) is 4.01. The molecule has 0 aromatic carbocycles. The van der Waals surface area contributed by atoms with Gasteiger partial charge in [-0.1, -0.05) is 6.92 Å². The third kappa shape index (κ3) is 3.53. The minimum atomic E-state index is 0.200. The molecule has 3 nitrogen and oxygen atoms in total. The highest BCUT2D eigenvalue weighted by Gasteiger charge is 2.21. The summed E-state index contributed by atoms with van der Waals surface area (Å²) < 4.78 is 0.945. The molecule has 1 amide bonds. The molecule has 0 bridgehead atoms. The van der Waals surface area contributed by atoms with Gasteiger partial charge in [0.25, 0.3) is 0 Å². The maximum atomic E-state index is 12.1. The van der Waals surface area contributed by atoms with E-state index in [1.54, 1.807) is 6.20 Å². The van der Waals surface area contributed by atoms with Crippen LogP contribution in [0.3, 0.4) is 0 Å². The van der Waals surface area contributed by atoms with Gasteiger partial charge in [-0.25, -0.2) is 0 Å².